The molecule has 0 bridgehead atoms. The largest absolute Gasteiger partial charge is 0.497 e. The normalized spacial score (nSPS) is 16.3. The van der Waals surface area contributed by atoms with E-state index in [1.807, 2.05) is 48.5 Å². The molecule has 1 saturated carbocycles. The molecule has 0 atom stereocenters. The summed E-state index contributed by atoms with van der Waals surface area (Å²) >= 11 is 0. The molecule has 0 spiro atoms. The summed E-state index contributed by atoms with van der Waals surface area (Å²) in [7, 11) is 1.66. The smallest absolute Gasteiger partial charge is 0.238 e. The lowest BCUT2D eigenvalue weighted by molar-refractivity contribution is -0.118. The highest BCUT2D eigenvalue weighted by Gasteiger charge is 2.30. The first-order valence-corrected chi connectivity index (χ1v) is 10.2. The second-order valence-corrected chi connectivity index (χ2v) is 7.73. The van der Waals surface area contributed by atoms with Gasteiger partial charge < -0.3 is 15.0 Å². The standard InChI is InChI=1S/C23H27N3O3/c1-29-21-11-7-17(8-12-21)15-25(19-9-10-19)16-22(27)24-18-4-2-5-20(14-18)26-13-3-6-23(26)28/h2,4-5,7-8,11-12,14,19H,3,6,9-10,13,15-16H2,1H3,(H,24,27). The molecule has 2 aliphatic rings. The molecule has 4 rings (SSSR count). The average Bonchev–Trinajstić information content (AvgIpc) is 3.49. The Balaban J connectivity index is 1.37. The van der Waals surface area contributed by atoms with Gasteiger partial charge in [0.15, 0.2) is 0 Å². The lowest BCUT2D eigenvalue weighted by Crippen LogP contribution is -2.34. The van der Waals surface area contributed by atoms with Gasteiger partial charge in [0.25, 0.3) is 0 Å². The highest BCUT2D eigenvalue weighted by atomic mass is 16.5. The minimum absolute atomic E-state index is 0.0321. The van der Waals surface area contributed by atoms with Crippen molar-refractivity contribution in [2.75, 3.05) is 30.4 Å². The van der Waals surface area contributed by atoms with Crippen LogP contribution < -0.4 is 15.0 Å². The second-order valence-electron chi connectivity index (χ2n) is 7.73. The van der Waals surface area contributed by atoms with Crippen molar-refractivity contribution in [2.24, 2.45) is 0 Å². The summed E-state index contributed by atoms with van der Waals surface area (Å²) in [5, 5.41) is 3.00. The molecule has 6 heteroatoms. The fourth-order valence-electron chi connectivity index (χ4n) is 3.78. The van der Waals surface area contributed by atoms with Gasteiger partial charge in [0.2, 0.25) is 11.8 Å². The monoisotopic (exact) mass is 393 g/mol. The van der Waals surface area contributed by atoms with Crippen LogP contribution in [0.1, 0.15) is 31.2 Å². The molecule has 1 heterocycles. The number of hydrogen-bond acceptors (Lipinski definition) is 4. The molecule has 0 aromatic heterocycles. The molecule has 2 aromatic carbocycles. The summed E-state index contributed by atoms with van der Waals surface area (Å²) in [5.74, 6) is 0.948. The number of amides is 2. The van der Waals surface area contributed by atoms with Crippen molar-refractivity contribution in [3.8, 4) is 5.75 Å². The number of carbonyl (C=O) groups excluding carboxylic acids is 2. The van der Waals surface area contributed by atoms with E-state index in [-0.39, 0.29) is 11.8 Å². The quantitative estimate of drug-likeness (QED) is 0.746. The van der Waals surface area contributed by atoms with Gasteiger partial charge in [-0.15, -0.1) is 0 Å². The molecule has 2 fully saturated rings. The predicted octanol–water partition coefficient (Wildman–Crippen LogP) is 3.43. The molecule has 152 valence electrons. The van der Waals surface area contributed by atoms with Crippen LogP contribution in [0.25, 0.3) is 0 Å². The summed E-state index contributed by atoms with van der Waals surface area (Å²) in [6, 6.07) is 16.0. The van der Waals surface area contributed by atoms with Crippen molar-refractivity contribution in [2.45, 2.75) is 38.3 Å². The first-order chi connectivity index (χ1) is 14.1. The van der Waals surface area contributed by atoms with Crippen molar-refractivity contribution in [3.05, 3.63) is 54.1 Å². The van der Waals surface area contributed by atoms with E-state index in [0.717, 1.165) is 49.5 Å². The molecule has 1 saturated heterocycles. The van der Waals surface area contributed by atoms with Gasteiger partial charge >= 0.3 is 0 Å². The van der Waals surface area contributed by atoms with Crippen LogP contribution in [0.5, 0.6) is 5.75 Å². The van der Waals surface area contributed by atoms with Crippen LogP contribution in [0.2, 0.25) is 0 Å². The van der Waals surface area contributed by atoms with Gasteiger partial charge in [0.05, 0.1) is 13.7 Å². The number of ether oxygens (including phenoxy) is 1. The minimum Gasteiger partial charge on any atom is -0.497 e. The van der Waals surface area contributed by atoms with E-state index in [1.165, 1.54) is 5.56 Å². The number of anilines is 2. The van der Waals surface area contributed by atoms with Gasteiger partial charge in [-0.3, -0.25) is 14.5 Å². The first kappa shape index (κ1) is 19.5. The van der Waals surface area contributed by atoms with E-state index in [2.05, 4.69) is 10.2 Å². The second kappa shape index (κ2) is 8.66. The average molecular weight is 393 g/mol. The molecule has 29 heavy (non-hydrogen) atoms. The lowest BCUT2D eigenvalue weighted by atomic mass is 10.2. The third kappa shape index (κ3) is 4.95. The number of nitrogens with one attached hydrogen (secondary N) is 1. The Labute approximate surface area is 171 Å². The van der Waals surface area contributed by atoms with Gasteiger partial charge in [-0.1, -0.05) is 18.2 Å². The highest BCUT2D eigenvalue weighted by Crippen LogP contribution is 2.29. The third-order valence-corrected chi connectivity index (χ3v) is 5.47. The molecule has 1 aliphatic heterocycles. The van der Waals surface area contributed by atoms with E-state index in [0.29, 0.717) is 19.0 Å². The SMILES string of the molecule is COc1ccc(CN(CC(=O)Nc2cccc(N3CCCC3=O)c2)C2CC2)cc1. The molecule has 2 aromatic rings. The molecule has 2 amide bonds. The van der Waals surface area contributed by atoms with Crippen LogP contribution in [0.4, 0.5) is 11.4 Å². The summed E-state index contributed by atoms with van der Waals surface area (Å²) in [6.45, 7) is 1.83. The molecular weight excluding hydrogens is 366 g/mol. The van der Waals surface area contributed by atoms with Crippen molar-refractivity contribution >= 4 is 23.2 Å². The molecular formula is C23H27N3O3. The maximum atomic E-state index is 12.7. The van der Waals surface area contributed by atoms with Crippen LogP contribution in [0.15, 0.2) is 48.5 Å². The number of rotatable bonds is 8. The summed E-state index contributed by atoms with van der Waals surface area (Å²) in [4.78, 5) is 28.7. The van der Waals surface area contributed by atoms with Crippen LogP contribution >= 0.6 is 0 Å². The summed E-state index contributed by atoms with van der Waals surface area (Å²) in [6.07, 6.45) is 3.75. The summed E-state index contributed by atoms with van der Waals surface area (Å²) < 4.78 is 5.22. The van der Waals surface area contributed by atoms with E-state index in [4.69, 9.17) is 4.74 Å². The Morgan fingerprint density at radius 2 is 2.00 bits per heavy atom. The van der Waals surface area contributed by atoms with Gasteiger partial charge in [-0.05, 0) is 55.2 Å². The zero-order valence-electron chi connectivity index (χ0n) is 16.8. The van der Waals surface area contributed by atoms with Crippen LogP contribution in [0, 0.1) is 0 Å². The number of hydrogen-bond donors (Lipinski definition) is 1. The van der Waals surface area contributed by atoms with E-state index < -0.39 is 0 Å². The first-order valence-electron chi connectivity index (χ1n) is 10.2. The van der Waals surface area contributed by atoms with Crippen molar-refractivity contribution in [3.63, 3.8) is 0 Å². The van der Waals surface area contributed by atoms with Gasteiger partial charge in [0.1, 0.15) is 5.75 Å². The van der Waals surface area contributed by atoms with E-state index >= 15 is 0 Å². The van der Waals surface area contributed by atoms with Crippen LogP contribution in [-0.4, -0.2) is 43.0 Å². The molecule has 1 aliphatic carbocycles. The lowest BCUT2D eigenvalue weighted by Gasteiger charge is -2.22. The van der Waals surface area contributed by atoms with Crippen molar-refractivity contribution in [1.82, 2.24) is 4.90 Å². The third-order valence-electron chi connectivity index (χ3n) is 5.47. The molecule has 0 unspecified atom stereocenters. The van der Waals surface area contributed by atoms with Gasteiger partial charge in [0, 0.05) is 36.9 Å². The Hall–Kier alpha value is -2.86. The fraction of sp³-hybridized carbons (Fsp3) is 0.391. The topological polar surface area (TPSA) is 61.9 Å². The Kier molecular flexibility index (Phi) is 5.81. The van der Waals surface area contributed by atoms with E-state index in [9.17, 15) is 9.59 Å². The van der Waals surface area contributed by atoms with Crippen molar-refractivity contribution in [1.29, 1.82) is 0 Å². The maximum absolute atomic E-state index is 12.7. The van der Waals surface area contributed by atoms with Crippen LogP contribution in [0.3, 0.4) is 0 Å². The van der Waals surface area contributed by atoms with Gasteiger partial charge in [-0.25, -0.2) is 0 Å². The fourth-order valence-corrected chi connectivity index (χ4v) is 3.78. The Morgan fingerprint density at radius 3 is 2.66 bits per heavy atom. The van der Waals surface area contributed by atoms with Crippen LogP contribution in [-0.2, 0) is 16.1 Å². The highest BCUT2D eigenvalue weighted by molar-refractivity contribution is 5.97. The number of benzene rings is 2. The molecule has 1 N–H and O–H groups in total. The number of carbonyl (C=O) groups is 2. The van der Waals surface area contributed by atoms with Crippen molar-refractivity contribution < 1.29 is 14.3 Å². The molecule has 0 radical (unpaired) electrons. The number of nitrogens with zero attached hydrogens (tertiary/aromatic N) is 2. The Bertz CT molecular complexity index is 877. The molecule has 6 nitrogen and oxygen atoms in total. The number of methoxy groups -OCH3 is 1. The van der Waals surface area contributed by atoms with Gasteiger partial charge in [-0.2, -0.15) is 0 Å². The summed E-state index contributed by atoms with van der Waals surface area (Å²) in [5.41, 5.74) is 2.75. The Morgan fingerprint density at radius 1 is 1.21 bits per heavy atom. The minimum atomic E-state index is -0.0321. The van der Waals surface area contributed by atoms with E-state index in [1.54, 1.807) is 12.0 Å². The maximum Gasteiger partial charge on any atom is 0.238 e. The predicted molar refractivity (Wildman–Crippen MR) is 113 cm³/mol. The zero-order chi connectivity index (χ0) is 20.2. The zero-order valence-corrected chi connectivity index (χ0v) is 16.8.